The van der Waals surface area contributed by atoms with Crippen LogP contribution in [-0.2, 0) is 11.4 Å². The average Bonchev–Trinajstić information content (AvgIpc) is 2.95. The Kier molecular flexibility index (Phi) is 4.11. The molecule has 3 rings (SSSR count). The second-order valence-corrected chi connectivity index (χ2v) is 4.79. The summed E-state index contributed by atoms with van der Waals surface area (Å²) in [4.78, 5) is 20.0. The SMILES string of the molecule is O=C1NCC(c2nccc(OCc3ccccc3)n2)=C1CO. The van der Waals surface area contributed by atoms with Crippen molar-refractivity contribution >= 4 is 11.5 Å². The molecule has 0 saturated heterocycles. The van der Waals surface area contributed by atoms with Crippen LogP contribution in [0.2, 0.25) is 0 Å². The molecular formula is C16H15N3O3. The van der Waals surface area contributed by atoms with Crippen LogP contribution in [0, 0.1) is 0 Å². The maximum Gasteiger partial charge on any atom is 0.250 e. The van der Waals surface area contributed by atoms with Crippen molar-refractivity contribution in [1.82, 2.24) is 15.3 Å². The van der Waals surface area contributed by atoms with E-state index in [2.05, 4.69) is 15.3 Å². The van der Waals surface area contributed by atoms with Gasteiger partial charge in [0.1, 0.15) is 6.61 Å². The van der Waals surface area contributed by atoms with Gasteiger partial charge in [0.05, 0.1) is 12.2 Å². The second-order valence-electron chi connectivity index (χ2n) is 4.79. The summed E-state index contributed by atoms with van der Waals surface area (Å²) < 4.78 is 5.65. The second kappa shape index (κ2) is 6.36. The number of carbonyl (C=O) groups is 1. The number of aromatic nitrogens is 2. The van der Waals surface area contributed by atoms with Gasteiger partial charge in [0.2, 0.25) is 11.8 Å². The van der Waals surface area contributed by atoms with Crippen LogP contribution in [0.3, 0.4) is 0 Å². The standard InChI is InChI=1S/C16H15N3O3/c20-9-13-12(8-18-16(13)21)15-17-7-6-14(19-15)22-10-11-4-2-1-3-5-11/h1-7,20H,8-10H2,(H,18,21). The van der Waals surface area contributed by atoms with Gasteiger partial charge in [-0.05, 0) is 5.56 Å². The minimum Gasteiger partial charge on any atom is -0.473 e. The minimum absolute atomic E-state index is 0.281. The normalized spacial score (nSPS) is 14.1. The number of benzene rings is 1. The van der Waals surface area contributed by atoms with Crippen molar-refractivity contribution in [3.05, 3.63) is 59.6 Å². The molecule has 112 valence electrons. The Labute approximate surface area is 127 Å². The molecular weight excluding hydrogens is 282 g/mol. The van der Waals surface area contributed by atoms with Crippen molar-refractivity contribution in [3.8, 4) is 5.88 Å². The molecule has 6 heteroatoms. The zero-order valence-corrected chi connectivity index (χ0v) is 11.8. The zero-order chi connectivity index (χ0) is 15.4. The van der Waals surface area contributed by atoms with Crippen LogP contribution >= 0.6 is 0 Å². The molecule has 0 unspecified atom stereocenters. The zero-order valence-electron chi connectivity index (χ0n) is 11.8. The fraction of sp³-hybridized carbons (Fsp3) is 0.188. The van der Waals surface area contributed by atoms with Gasteiger partial charge in [0.25, 0.3) is 0 Å². The highest BCUT2D eigenvalue weighted by molar-refractivity contribution is 6.05. The highest BCUT2D eigenvalue weighted by atomic mass is 16.5. The predicted molar refractivity (Wildman–Crippen MR) is 79.8 cm³/mol. The van der Waals surface area contributed by atoms with E-state index in [-0.39, 0.29) is 12.5 Å². The Morgan fingerprint density at radius 1 is 1.23 bits per heavy atom. The van der Waals surface area contributed by atoms with Crippen molar-refractivity contribution in [3.63, 3.8) is 0 Å². The molecule has 1 amide bonds. The molecule has 0 bridgehead atoms. The monoisotopic (exact) mass is 297 g/mol. The minimum atomic E-state index is -0.334. The van der Waals surface area contributed by atoms with Gasteiger partial charge in [-0.25, -0.2) is 4.98 Å². The first-order valence-electron chi connectivity index (χ1n) is 6.89. The van der Waals surface area contributed by atoms with E-state index in [1.54, 1.807) is 12.3 Å². The van der Waals surface area contributed by atoms with Crippen molar-refractivity contribution in [2.24, 2.45) is 0 Å². The van der Waals surface area contributed by atoms with Crippen LogP contribution in [0.1, 0.15) is 11.4 Å². The van der Waals surface area contributed by atoms with Gasteiger partial charge in [-0.3, -0.25) is 4.79 Å². The number of nitrogens with zero attached hydrogens (tertiary/aromatic N) is 2. The number of aliphatic hydroxyl groups is 1. The summed E-state index contributed by atoms with van der Waals surface area (Å²) in [7, 11) is 0. The molecule has 0 atom stereocenters. The number of hydrogen-bond acceptors (Lipinski definition) is 5. The fourth-order valence-electron chi connectivity index (χ4n) is 2.20. The summed E-state index contributed by atoms with van der Waals surface area (Å²) in [6, 6.07) is 11.4. The Morgan fingerprint density at radius 3 is 2.82 bits per heavy atom. The highest BCUT2D eigenvalue weighted by Crippen LogP contribution is 2.21. The molecule has 1 aliphatic rings. The highest BCUT2D eigenvalue weighted by Gasteiger charge is 2.24. The molecule has 1 aromatic heterocycles. The van der Waals surface area contributed by atoms with Gasteiger partial charge < -0.3 is 15.2 Å². The fourth-order valence-corrected chi connectivity index (χ4v) is 2.20. The molecule has 22 heavy (non-hydrogen) atoms. The molecule has 0 aliphatic carbocycles. The third-order valence-corrected chi connectivity index (χ3v) is 3.35. The molecule has 0 spiro atoms. The van der Waals surface area contributed by atoms with Gasteiger partial charge >= 0.3 is 0 Å². The summed E-state index contributed by atoms with van der Waals surface area (Å²) >= 11 is 0. The summed E-state index contributed by atoms with van der Waals surface area (Å²) in [5.41, 5.74) is 1.95. The molecule has 1 aliphatic heterocycles. The Balaban J connectivity index is 1.78. The summed E-state index contributed by atoms with van der Waals surface area (Å²) in [6.45, 7) is 0.386. The van der Waals surface area contributed by atoms with Gasteiger partial charge in [-0.15, -0.1) is 0 Å². The van der Waals surface area contributed by atoms with Crippen LogP contribution in [0.4, 0.5) is 0 Å². The Hall–Kier alpha value is -2.73. The van der Waals surface area contributed by atoms with Crippen molar-refractivity contribution < 1.29 is 14.6 Å². The summed E-state index contributed by atoms with van der Waals surface area (Å²) in [5.74, 6) is 0.544. The average molecular weight is 297 g/mol. The Morgan fingerprint density at radius 2 is 2.05 bits per heavy atom. The third kappa shape index (κ3) is 2.96. The largest absolute Gasteiger partial charge is 0.473 e. The lowest BCUT2D eigenvalue weighted by Gasteiger charge is -2.07. The van der Waals surface area contributed by atoms with E-state index in [9.17, 15) is 9.90 Å². The predicted octanol–water partition coefficient (Wildman–Crippen LogP) is 0.931. The van der Waals surface area contributed by atoms with Crippen LogP contribution in [-0.4, -0.2) is 34.1 Å². The molecule has 1 aromatic carbocycles. The van der Waals surface area contributed by atoms with Crippen molar-refractivity contribution in [2.45, 2.75) is 6.61 Å². The van der Waals surface area contributed by atoms with E-state index in [4.69, 9.17) is 4.74 Å². The Bertz CT molecular complexity index is 714. The number of nitrogens with one attached hydrogen (secondary N) is 1. The van der Waals surface area contributed by atoms with Crippen LogP contribution in [0.5, 0.6) is 5.88 Å². The molecule has 0 saturated carbocycles. The number of rotatable bonds is 5. The maximum atomic E-state index is 11.6. The maximum absolute atomic E-state index is 11.6. The topological polar surface area (TPSA) is 84.3 Å². The number of aliphatic hydroxyl groups excluding tert-OH is 1. The number of amides is 1. The molecule has 2 aromatic rings. The van der Waals surface area contributed by atoms with Gasteiger partial charge in [0.15, 0.2) is 5.82 Å². The molecule has 6 nitrogen and oxygen atoms in total. The van der Waals surface area contributed by atoms with Crippen molar-refractivity contribution in [1.29, 1.82) is 0 Å². The molecule has 0 fully saturated rings. The van der Waals surface area contributed by atoms with E-state index in [0.29, 0.717) is 36.0 Å². The van der Waals surface area contributed by atoms with Crippen LogP contribution in [0.15, 0.2) is 48.2 Å². The number of ether oxygens (including phenoxy) is 1. The first kappa shape index (κ1) is 14.2. The summed E-state index contributed by atoms with van der Waals surface area (Å²) in [6.07, 6.45) is 1.58. The number of hydrogen-bond donors (Lipinski definition) is 2. The van der Waals surface area contributed by atoms with E-state index < -0.39 is 0 Å². The lowest BCUT2D eigenvalue weighted by molar-refractivity contribution is -0.117. The molecule has 2 heterocycles. The van der Waals surface area contributed by atoms with Gasteiger partial charge in [0, 0.05) is 24.4 Å². The van der Waals surface area contributed by atoms with Gasteiger partial charge in [-0.2, -0.15) is 4.98 Å². The first-order valence-corrected chi connectivity index (χ1v) is 6.89. The van der Waals surface area contributed by atoms with Crippen LogP contribution < -0.4 is 10.1 Å². The van der Waals surface area contributed by atoms with E-state index >= 15 is 0 Å². The molecule has 0 radical (unpaired) electrons. The smallest absolute Gasteiger partial charge is 0.250 e. The lowest BCUT2D eigenvalue weighted by Crippen LogP contribution is -2.18. The third-order valence-electron chi connectivity index (χ3n) is 3.35. The van der Waals surface area contributed by atoms with E-state index in [1.165, 1.54) is 0 Å². The quantitative estimate of drug-likeness (QED) is 0.857. The van der Waals surface area contributed by atoms with Crippen molar-refractivity contribution in [2.75, 3.05) is 13.2 Å². The first-order chi connectivity index (χ1) is 10.8. The van der Waals surface area contributed by atoms with Gasteiger partial charge in [-0.1, -0.05) is 30.3 Å². The molecule has 2 N–H and O–H groups in total. The van der Waals surface area contributed by atoms with Crippen LogP contribution in [0.25, 0.3) is 5.57 Å². The lowest BCUT2D eigenvalue weighted by atomic mass is 10.1. The van der Waals surface area contributed by atoms with E-state index in [1.807, 2.05) is 30.3 Å². The summed E-state index contributed by atoms with van der Waals surface area (Å²) in [5, 5.41) is 11.9. The van der Waals surface area contributed by atoms with E-state index in [0.717, 1.165) is 5.56 Å². The number of carbonyl (C=O) groups excluding carboxylic acids is 1.